The lowest BCUT2D eigenvalue weighted by Crippen LogP contribution is -2.40. The van der Waals surface area contributed by atoms with E-state index in [0.29, 0.717) is 30.8 Å². The maximum Gasteiger partial charge on any atom is 0.332 e. The van der Waals surface area contributed by atoms with Gasteiger partial charge in [-0.2, -0.15) is 0 Å². The number of aliphatic hydroxyl groups excluding tert-OH is 1. The third-order valence-corrected chi connectivity index (χ3v) is 3.87. The van der Waals surface area contributed by atoms with Crippen LogP contribution in [0.4, 0.5) is 0 Å². The molecule has 142 valence electrons. The minimum atomic E-state index is -0.525. The Bertz CT molecular complexity index is 929. The third-order valence-electron chi connectivity index (χ3n) is 3.87. The molecule has 0 aliphatic rings. The first-order valence-electron chi connectivity index (χ1n) is 8.49. The third kappa shape index (κ3) is 4.16. The SMILES string of the molecule is CC(=O)OCCCc1nc2c(=O)n(C)c(=O)n(CC(C)C)c2nc1CO. The van der Waals surface area contributed by atoms with Crippen LogP contribution in [0, 0.1) is 5.92 Å². The van der Waals surface area contributed by atoms with Crippen molar-refractivity contribution in [2.75, 3.05) is 6.61 Å². The second kappa shape index (κ2) is 8.22. The molecule has 0 radical (unpaired) electrons. The zero-order chi connectivity index (χ0) is 19.4. The van der Waals surface area contributed by atoms with Gasteiger partial charge in [0.05, 0.1) is 24.6 Å². The van der Waals surface area contributed by atoms with E-state index in [1.807, 2.05) is 13.8 Å². The van der Waals surface area contributed by atoms with Crippen molar-refractivity contribution in [3.63, 3.8) is 0 Å². The highest BCUT2D eigenvalue weighted by molar-refractivity contribution is 5.69. The van der Waals surface area contributed by atoms with Crippen LogP contribution in [0.5, 0.6) is 0 Å². The number of hydrogen-bond acceptors (Lipinski definition) is 7. The fourth-order valence-corrected chi connectivity index (χ4v) is 2.66. The molecule has 1 N–H and O–H groups in total. The van der Waals surface area contributed by atoms with E-state index in [2.05, 4.69) is 9.97 Å². The minimum absolute atomic E-state index is 0.0902. The van der Waals surface area contributed by atoms with Gasteiger partial charge in [0.15, 0.2) is 11.2 Å². The van der Waals surface area contributed by atoms with Crippen molar-refractivity contribution >= 4 is 17.1 Å². The normalized spacial score (nSPS) is 11.3. The van der Waals surface area contributed by atoms with E-state index in [9.17, 15) is 19.5 Å². The molecular weight excluding hydrogens is 340 g/mol. The van der Waals surface area contributed by atoms with E-state index in [0.717, 1.165) is 4.57 Å². The average Bonchev–Trinajstić information content (AvgIpc) is 2.59. The summed E-state index contributed by atoms with van der Waals surface area (Å²) in [7, 11) is 1.41. The van der Waals surface area contributed by atoms with Crippen molar-refractivity contribution in [1.29, 1.82) is 0 Å². The standard InChI is InChI=1S/C17H24N4O5/c1-10(2)8-21-15-14(16(24)20(4)17(21)25)18-12(13(9-22)19-15)6-5-7-26-11(3)23/h10,22H,5-9H2,1-4H3. The Morgan fingerprint density at radius 3 is 2.50 bits per heavy atom. The van der Waals surface area contributed by atoms with Crippen LogP contribution in [0.15, 0.2) is 9.59 Å². The first-order chi connectivity index (χ1) is 12.3. The van der Waals surface area contributed by atoms with E-state index < -0.39 is 11.2 Å². The predicted molar refractivity (Wildman–Crippen MR) is 94.8 cm³/mol. The molecule has 0 spiro atoms. The summed E-state index contributed by atoms with van der Waals surface area (Å²) in [5.41, 5.74) is 0.0525. The lowest BCUT2D eigenvalue weighted by Gasteiger charge is -2.15. The topological polar surface area (TPSA) is 116 Å². The fourth-order valence-electron chi connectivity index (χ4n) is 2.66. The number of carbonyl (C=O) groups is 1. The van der Waals surface area contributed by atoms with E-state index in [-0.39, 0.29) is 36.3 Å². The Balaban J connectivity index is 2.55. The molecule has 0 aromatic carbocycles. The second-order valence-corrected chi connectivity index (χ2v) is 6.54. The molecule has 9 nitrogen and oxygen atoms in total. The summed E-state index contributed by atoms with van der Waals surface area (Å²) in [5.74, 6) is -0.209. The molecule has 0 saturated carbocycles. The summed E-state index contributed by atoms with van der Waals surface area (Å²) in [6.07, 6.45) is 0.872. The van der Waals surface area contributed by atoms with Crippen molar-refractivity contribution in [3.05, 3.63) is 32.2 Å². The average molecular weight is 364 g/mol. The highest BCUT2D eigenvalue weighted by Gasteiger charge is 2.17. The van der Waals surface area contributed by atoms with Crippen LogP contribution < -0.4 is 11.2 Å². The number of aliphatic hydroxyl groups is 1. The molecule has 0 fully saturated rings. The monoisotopic (exact) mass is 364 g/mol. The van der Waals surface area contributed by atoms with E-state index in [4.69, 9.17) is 4.74 Å². The maximum atomic E-state index is 12.5. The number of carbonyl (C=O) groups excluding carboxylic acids is 1. The summed E-state index contributed by atoms with van der Waals surface area (Å²) in [6, 6.07) is 0. The van der Waals surface area contributed by atoms with Crippen LogP contribution in [0.25, 0.3) is 11.2 Å². The van der Waals surface area contributed by atoms with E-state index >= 15 is 0 Å². The molecule has 2 heterocycles. The van der Waals surface area contributed by atoms with Gasteiger partial charge in [0, 0.05) is 20.5 Å². The number of nitrogens with zero attached hydrogens (tertiary/aromatic N) is 4. The molecule has 2 aromatic rings. The minimum Gasteiger partial charge on any atom is -0.466 e. The highest BCUT2D eigenvalue weighted by Crippen LogP contribution is 2.13. The number of ether oxygens (including phenoxy) is 1. The fraction of sp³-hybridized carbons (Fsp3) is 0.588. The Morgan fingerprint density at radius 1 is 1.23 bits per heavy atom. The summed E-state index contributed by atoms with van der Waals surface area (Å²) in [6.45, 7) is 5.46. The molecule has 0 bridgehead atoms. The van der Waals surface area contributed by atoms with Gasteiger partial charge in [0.1, 0.15) is 0 Å². The first-order valence-corrected chi connectivity index (χ1v) is 8.49. The van der Waals surface area contributed by atoms with Crippen molar-refractivity contribution in [3.8, 4) is 0 Å². The quantitative estimate of drug-likeness (QED) is 0.548. The molecule has 0 amide bonds. The van der Waals surface area contributed by atoms with Crippen molar-refractivity contribution < 1.29 is 14.6 Å². The van der Waals surface area contributed by atoms with Crippen LogP contribution in [-0.4, -0.2) is 36.8 Å². The van der Waals surface area contributed by atoms with Crippen molar-refractivity contribution in [2.24, 2.45) is 13.0 Å². The number of aromatic nitrogens is 4. The van der Waals surface area contributed by atoms with Gasteiger partial charge >= 0.3 is 11.7 Å². The zero-order valence-electron chi connectivity index (χ0n) is 15.5. The molecule has 9 heteroatoms. The highest BCUT2D eigenvalue weighted by atomic mass is 16.5. The smallest absolute Gasteiger partial charge is 0.332 e. The van der Waals surface area contributed by atoms with Crippen LogP contribution in [0.2, 0.25) is 0 Å². The molecular formula is C17H24N4O5. The van der Waals surface area contributed by atoms with Gasteiger partial charge in [-0.1, -0.05) is 13.8 Å². The van der Waals surface area contributed by atoms with Crippen molar-refractivity contribution in [1.82, 2.24) is 19.1 Å². The molecule has 26 heavy (non-hydrogen) atoms. The number of esters is 1. The van der Waals surface area contributed by atoms with Gasteiger partial charge in [-0.05, 0) is 18.8 Å². The van der Waals surface area contributed by atoms with Gasteiger partial charge in [-0.25, -0.2) is 14.8 Å². The first kappa shape index (κ1) is 19.8. The second-order valence-electron chi connectivity index (χ2n) is 6.54. The molecule has 2 rings (SSSR count). The molecule has 0 atom stereocenters. The molecule has 0 aliphatic carbocycles. The van der Waals surface area contributed by atoms with Crippen LogP contribution in [0.1, 0.15) is 38.6 Å². The summed E-state index contributed by atoms with van der Waals surface area (Å²) in [5, 5.41) is 9.63. The maximum absolute atomic E-state index is 12.5. The molecule has 0 saturated heterocycles. The van der Waals surface area contributed by atoms with E-state index in [1.54, 1.807) is 0 Å². The van der Waals surface area contributed by atoms with Gasteiger partial charge < -0.3 is 9.84 Å². The zero-order valence-corrected chi connectivity index (χ0v) is 15.5. The Kier molecular flexibility index (Phi) is 6.25. The van der Waals surface area contributed by atoms with Gasteiger partial charge in [-0.3, -0.25) is 18.7 Å². The number of fused-ring (bicyclic) bond motifs is 1. The Hall–Kier alpha value is -2.55. The number of rotatable bonds is 7. The number of aryl methyl sites for hydroxylation is 1. The van der Waals surface area contributed by atoms with Crippen LogP contribution >= 0.6 is 0 Å². The van der Waals surface area contributed by atoms with Gasteiger partial charge in [0.25, 0.3) is 5.56 Å². The number of hydrogen-bond donors (Lipinski definition) is 1. The van der Waals surface area contributed by atoms with Gasteiger partial charge in [-0.15, -0.1) is 0 Å². The van der Waals surface area contributed by atoms with E-state index in [1.165, 1.54) is 18.5 Å². The lowest BCUT2D eigenvalue weighted by molar-refractivity contribution is -0.141. The van der Waals surface area contributed by atoms with Gasteiger partial charge in [0.2, 0.25) is 0 Å². The van der Waals surface area contributed by atoms with Crippen LogP contribution in [0.3, 0.4) is 0 Å². The predicted octanol–water partition coefficient (Wildman–Crippen LogP) is 0.134. The Morgan fingerprint density at radius 2 is 1.92 bits per heavy atom. The summed E-state index contributed by atoms with van der Waals surface area (Å²) < 4.78 is 7.31. The lowest BCUT2D eigenvalue weighted by atomic mass is 10.2. The Labute approximate surface area is 150 Å². The largest absolute Gasteiger partial charge is 0.466 e. The summed E-state index contributed by atoms with van der Waals surface area (Å²) in [4.78, 5) is 44.5. The molecule has 0 aliphatic heterocycles. The molecule has 0 unspecified atom stereocenters. The van der Waals surface area contributed by atoms with Crippen LogP contribution in [-0.2, 0) is 36.2 Å². The summed E-state index contributed by atoms with van der Waals surface area (Å²) >= 11 is 0. The molecule has 2 aromatic heterocycles. The van der Waals surface area contributed by atoms with Crippen molar-refractivity contribution in [2.45, 2.75) is 46.8 Å².